The lowest BCUT2D eigenvalue weighted by molar-refractivity contribution is -0.157. The number of rotatable bonds is 9. The number of carbonyl (C=O) groups excluding carboxylic acids is 2. The molecule has 2 rings (SSSR count). The quantitative estimate of drug-likeness (QED) is 0.690. The van der Waals surface area contributed by atoms with Crippen molar-refractivity contribution in [1.82, 2.24) is 9.80 Å². The Labute approximate surface area is 150 Å². The molecule has 0 radical (unpaired) electrons. The fraction of sp³-hybridized carbons (Fsp3) is 0.600. The van der Waals surface area contributed by atoms with Gasteiger partial charge in [0.25, 0.3) is 0 Å². The van der Waals surface area contributed by atoms with Crippen LogP contribution in [-0.4, -0.2) is 61.0 Å². The fourth-order valence-electron chi connectivity index (χ4n) is 3.33. The van der Waals surface area contributed by atoms with Gasteiger partial charge in [-0.3, -0.25) is 9.59 Å². The summed E-state index contributed by atoms with van der Waals surface area (Å²) in [4.78, 5) is 29.3. The maximum Gasteiger partial charge on any atom is 0.246 e. The van der Waals surface area contributed by atoms with Crippen molar-refractivity contribution in [2.24, 2.45) is 5.92 Å². The maximum atomic E-state index is 13.0. The summed E-state index contributed by atoms with van der Waals surface area (Å²) in [6, 6.07) is 9.52. The van der Waals surface area contributed by atoms with Crippen molar-refractivity contribution in [2.75, 3.05) is 33.4 Å². The van der Waals surface area contributed by atoms with E-state index in [0.717, 1.165) is 18.4 Å². The van der Waals surface area contributed by atoms with Crippen LogP contribution in [0.15, 0.2) is 30.3 Å². The second-order valence-electron chi connectivity index (χ2n) is 6.69. The summed E-state index contributed by atoms with van der Waals surface area (Å²) < 4.78 is 5.09. The van der Waals surface area contributed by atoms with Gasteiger partial charge in [-0.25, -0.2) is 0 Å². The van der Waals surface area contributed by atoms with Gasteiger partial charge in [-0.05, 0) is 11.5 Å². The topological polar surface area (TPSA) is 49.9 Å². The zero-order chi connectivity index (χ0) is 18.2. The molecule has 5 heteroatoms. The Morgan fingerprint density at radius 2 is 1.84 bits per heavy atom. The van der Waals surface area contributed by atoms with Crippen LogP contribution in [0, 0.1) is 5.92 Å². The van der Waals surface area contributed by atoms with E-state index in [0.29, 0.717) is 32.0 Å². The smallest absolute Gasteiger partial charge is 0.246 e. The van der Waals surface area contributed by atoms with Crippen LogP contribution in [0.5, 0.6) is 0 Å². The van der Waals surface area contributed by atoms with E-state index in [2.05, 4.69) is 13.8 Å². The van der Waals surface area contributed by atoms with Crippen molar-refractivity contribution >= 4 is 11.8 Å². The van der Waals surface area contributed by atoms with E-state index in [1.165, 1.54) is 0 Å². The Morgan fingerprint density at radius 1 is 1.16 bits per heavy atom. The molecular formula is C20H30N2O3. The number of hydrogen-bond acceptors (Lipinski definition) is 3. The molecule has 0 saturated carbocycles. The molecule has 5 nitrogen and oxygen atoms in total. The van der Waals surface area contributed by atoms with Crippen molar-refractivity contribution < 1.29 is 14.3 Å². The predicted octanol–water partition coefficient (Wildman–Crippen LogP) is 2.35. The molecule has 1 aromatic rings. The lowest BCUT2D eigenvalue weighted by atomic mass is 9.97. The minimum absolute atomic E-state index is 0.0338. The molecule has 0 unspecified atom stereocenters. The number of ether oxygens (including phenoxy) is 1. The number of methoxy groups -OCH3 is 1. The molecule has 138 valence electrons. The molecule has 1 atom stereocenters. The fourth-order valence-corrected chi connectivity index (χ4v) is 3.33. The van der Waals surface area contributed by atoms with Crippen LogP contribution < -0.4 is 0 Å². The van der Waals surface area contributed by atoms with Gasteiger partial charge in [-0.2, -0.15) is 0 Å². The first-order valence-corrected chi connectivity index (χ1v) is 9.21. The lowest BCUT2D eigenvalue weighted by Crippen LogP contribution is -2.61. The first-order chi connectivity index (χ1) is 12.1. The van der Waals surface area contributed by atoms with E-state index in [1.54, 1.807) is 12.0 Å². The number of nitrogens with zero attached hydrogens (tertiary/aromatic N) is 2. The average molecular weight is 346 g/mol. The van der Waals surface area contributed by atoms with Crippen LogP contribution in [-0.2, 0) is 20.7 Å². The summed E-state index contributed by atoms with van der Waals surface area (Å²) >= 11 is 0. The SMILES string of the molecule is CCC(CC)CN1C(=O)CN(CCOC)C(=O)[C@H]1Cc1ccccc1. The standard InChI is InChI=1S/C20H30N2O3/c1-4-16(5-2)14-22-18(13-17-9-7-6-8-10-17)20(24)21(11-12-25-3)15-19(22)23/h6-10,16,18H,4-5,11-15H2,1-3H3/t18-/m1/s1. The monoisotopic (exact) mass is 346 g/mol. The molecule has 0 N–H and O–H groups in total. The van der Waals surface area contributed by atoms with E-state index >= 15 is 0 Å². The first kappa shape index (κ1) is 19.4. The molecule has 1 saturated heterocycles. The summed E-state index contributed by atoms with van der Waals surface area (Å²) in [5.41, 5.74) is 1.08. The lowest BCUT2D eigenvalue weighted by Gasteiger charge is -2.41. The van der Waals surface area contributed by atoms with Crippen molar-refractivity contribution in [2.45, 2.75) is 39.2 Å². The van der Waals surface area contributed by atoms with Gasteiger partial charge >= 0.3 is 0 Å². The predicted molar refractivity (Wildman–Crippen MR) is 98.2 cm³/mol. The third kappa shape index (κ3) is 5.05. The Hall–Kier alpha value is -1.88. The molecule has 1 aliphatic heterocycles. The zero-order valence-electron chi connectivity index (χ0n) is 15.6. The van der Waals surface area contributed by atoms with Crippen LogP contribution in [0.2, 0.25) is 0 Å². The van der Waals surface area contributed by atoms with Crippen molar-refractivity contribution in [1.29, 1.82) is 0 Å². The van der Waals surface area contributed by atoms with Crippen LogP contribution in [0.4, 0.5) is 0 Å². The van der Waals surface area contributed by atoms with E-state index in [-0.39, 0.29) is 18.4 Å². The molecular weight excluding hydrogens is 316 g/mol. The van der Waals surface area contributed by atoms with E-state index in [4.69, 9.17) is 4.74 Å². The molecule has 2 amide bonds. The minimum Gasteiger partial charge on any atom is -0.383 e. The summed E-state index contributed by atoms with van der Waals surface area (Å²) in [5, 5.41) is 0. The number of hydrogen-bond donors (Lipinski definition) is 0. The highest BCUT2D eigenvalue weighted by Gasteiger charge is 2.39. The normalized spacial score (nSPS) is 18.3. The van der Waals surface area contributed by atoms with Gasteiger partial charge in [0.2, 0.25) is 11.8 Å². The first-order valence-electron chi connectivity index (χ1n) is 9.21. The molecule has 1 fully saturated rings. The van der Waals surface area contributed by atoms with Gasteiger partial charge in [0, 0.05) is 26.6 Å². The van der Waals surface area contributed by atoms with Crippen LogP contribution in [0.1, 0.15) is 32.3 Å². The Kier molecular flexibility index (Phi) is 7.44. The molecule has 25 heavy (non-hydrogen) atoms. The molecule has 0 bridgehead atoms. The number of benzene rings is 1. The van der Waals surface area contributed by atoms with Crippen molar-refractivity contribution in [3.63, 3.8) is 0 Å². The third-order valence-electron chi connectivity index (χ3n) is 5.07. The van der Waals surface area contributed by atoms with Crippen LogP contribution >= 0.6 is 0 Å². The molecule has 0 spiro atoms. The van der Waals surface area contributed by atoms with Crippen molar-refractivity contribution in [3.8, 4) is 0 Å². The summed E-state index contributed by atoms with van der Waals surface area (Å²) in [6.45, 7) is 6.01. The second kappa shape index (κ2) is 9.56. The molecule has 1 aliphatic rings. The van der Waals surface area contributed by atoms with Gasteiger partial charge in [0.15, 0.2) is 0 Å². The van der Waals surface area contributed by atoms with E-state index in [1.807, 2.05) is 35.2 Å². The number of carbonyl (C=O) groups is 2. The Balaban J connectivity index is 2.22. The van der Waals surface area contributed by atoms with Gasteiger partial charge in [0.05, 0.1) is 13.2 Å². The largest absolute Gasteiger partial charge is 0.383 e. The van der Waals surface area contributed by atoms with Gasteiger partial charge in [-0.15, -0.1) is 0 Å². The van der Waals surface area contributed by atoms with Crippen LogP contribution in [0.25, 0.3) is 0 Å². The number of piperazine rings is 1. The molecule has 0 aliphatic carbocycles. The van der Waals surface area contributed by atoms with Gasteiger partial charge < -0.3 is 14.5 Å². The third-order valence-corrected chi connectivity index (χ3v) is 5.07. The Bertz CT molecular complexity index is 557. The molecule has 0 aromatic heterocycles. The van der Waals surface area contributed by atoms with Gasteiger partial charge in [-0.1, -0.05) is 57.0 Å². The molecule has 1 aromatic carbocycles. The molecule has 1 heterocycles. The highest BCUT2D eigenvalue weighted by atomic mass is 16.5. The maximum absolute atomic E-state index is 13.0. The highest BCUT2D eigenvalue weighted by Crippen LogP contribution is 2.21. The van der Waals surface area contributed by atoms with Crippen molar-refractivity contribution in [3.05, 3.63) is 35.9 Å². The Morgan fingerprint density at radius 3 is 2.44 bits per heavy atom. The van der Waals surface area contributed by atoms with Gasteiger partial charge in [0.1, 0.15) is 6.04 Å². The summed E-state index contributed by atoms with van der Waals surface area (Å²) in [7, 11) is 1.61. The highest BCUT2D eigenvalue weighted by molar-refractivity contribution is 5.95. The second-order valence-corrected chi connectivity index (χ2v) is 6.69. The van der Waals surface area contributed by atoms with Crippen LogP contribution in [0.3, 0.4) is 0 Å². The average Bonchev–Trinajstić information content (AvgIpc) is 2.64. The minimum atomic E-state index is -0.416. The summed E-state index contributed by atoms with van der Waals surface area (Å²) in [5.74, 6) is 0.510. The van der Waals surface area contributed by atoms with E-state index in [9.17, 15) is 9.59 Å². The number of amides is 2. The zero-order valence-corrected chi connectivity index (χ0v) is 15.6. The summed E-state index contributed by atoms with van der Waals surface area (Å²) in [6.07, 6.45) is 2.59. The van der Waals surface area contributed by atoms with E-state index < -0.39 is 6.04 Å².